The molecule has 0 aromatic rings. The van der Waals surface area contributed by atoms with Crippen molar-refractivity contribution in [1.29, 1.82) is 0 Å². The van der Waals surface area contributed by atoms with Gasteiger partial charge in [-0.3, -0.25) is 0 Å². The van der Waals surface area contributed by atoms with Crippen molar-refractivity contribution < 1.29 is 17.6 Å². The quantitative estimate of drug-likeness (QED) is 0.474. The second-order valence-electron chi connectivity index (χ2n) is 2.61. The fourth-order valence-electron chi connectivity index (χ4n) is 0.660. The highest BCUT2D eigenvalue weighted by Gasteiger charge is 2.58. The maximum absolute atomic E-state index is 13.0. The molecule has 0 aromatic heterocycles. The number of alkyl halides is 4. The Kier molecular flexibility index (Phi) is 3.46. The fourth-order valence-corrected chi connectivity index (χ4v) is 0.660. The summed E-state index contributed by atoms with van der Waals surface area (Å²) in [6.07, 6.45) is 1.18. The van der Waals surface area contributed by atoms with Gasteiger partial charge in [0, 0.05) is 11.1 Å². The zero-order chi connectivity index (χ0) is 11.6. The van der Waals surface area contributed by atoms with Crippen LogP contribution in [0.5, 0.6) is 0 Å². The summed E-state index contributed by atoms with van der Waals surface area (Å²) in [5, 5.41) is 0. The Morgan fingerprint density at radius 1 is 0.786 bits per heavy atom. The Morgan fingerprint density at radius 2 is 1.00 bits per heavy atom. The number of hydrogen-bond acceptors (Lipinski definition) is 0. The molecule has 0 aromatic carbocycles. The van der Waals surface area contributed by atoms with Crippen molar-refractivity contribution in [3.63, 3.8) is 0 Å². The first-order valence-corrected chi connectivity index (χ1v) is 3.61. The molecule has 78 valence electrons. The van der Waals surface area contributed by atoms with Gasteiger partial charge in [0.1, 0.15) is 0 Å². The predicted octanol–water partition coefficient (Wildman–Crippen LogP) is 3.74. The minimum absolute atomic E-state index is 0.588. The number of halogens is 4. The van der Waals surface area contributed by atoms with Crippen LogP contribution in [0.4, 0.5) is 17.6 Å². The van der Waals surface area contributed by atoms with E-state index < -0.39 is 23.0 Å². The average molecular weight is 206 g/mol. The molecule has 0 saturated carbocycles. The summed E-state index contributed by atoms with van der Waals surface area (Å²) in [5.41, 5.74) is -2.10. The zero-order valence-corrected chi connectivity index (χ0v) is 7.49. The van der Waals surface area contributed by atoms with Crippen LogP contribution in [-0.4, -0.2) is 11.8 Å². The van der Waals surface area contributed by atoms with Gasteiger partial charge in [-0.05, 0) is 0 Å². The standard InChI is InChI=1S/C10H10F4/c1-5-7(3)9(11,12)10(13,14)8(4)6-2/h5-6H,1-4H2. The molecule has 0 spiro atoms. The first-order valence-electron chi connectivity index (χ1n) is 3.61. The molecule has 0 nitrogen and oxygen atoms in total. The highest BCUT2D eigenvalue weighted by molar-refractivity contribution is 5.34. The molecule has 0 rings (SSSR count). The van der Waals surface area contributed by atoms with Crippen LogP contribution in [0.3, 0.4) is 0 Å². The van der Waals surface area contributed by atoms with E-state index in [-0.39, 0.29) is 0 Å². The molecule has 0 bridgehead atoms. The van der Waals surface area contributed by atoms with Crippen LogP contribution in [-0.2, 0) is 0 Å². The van der Waals surface area contributed by atoms with E-state index in [2.05, 4.69) is 26.3 Å². The molecular formula is C10H10F4. The molecule has 4 heteroatoms. The van der Waals surface area contributed by atoms with Gasteiger partial charge in [0.05, 0.1) is 0 Å². The maximum atomic E-state index is 13.0. The van der Waals surface area contributed by atoms with Crippen molar-refractivity contribution >= 4 is 0 Å². The fraction of sp³-hybridized carbons (Fsp3) is 0.200. The largest absolute Gasteiger partial charge is 0.339 e. The van der Waals surface area contributed by atoms with Crippen LogP contribution in [0.2, 0.25) is 0 Å². The Labute approximate surface area is 79.9 Å². The minimum atomic E-state index is -4.39. The van der Waals surface area contributed by atoms with Crippen LogP contribution in [0.25, 0.3) is 0 Å². The Morgan fingerprint density at radius 3 is 1.14 bits per heavy atom. The number of rotatable bonds is 5. The van der Waals surface area contributed by atoms with E-state index in [1.807, 2.05) is 0 Å². The van der Waals surface area contributed by atoms with Gasteiger partial charge in [-0.1, -0.05) is 38.5 Å². The van der Waals surface area contributed by atoms with Gasteiger partial charge in [0.2, 0.25) is 0 Å². The van der Waals surface area contributed by atoms with Crippen LogP contribution >= 0.6 is 0 Å². The molecular weight excluding hydrogens is 196 g/mol. The molecule has 0 unspecified atom stereocenters. The summed E-state index contributed by atoms with van der Waals surface area (Å²) in [4.78, 5) is 0. The van der Waals surface area contributed by atoms with Crippen molar-refractivity contribution in [3.8, 4) is 0 Å². The summed E-state index contributed by atoms with van der Waals surface area (Å²) in [5.74, 6) is -8.78. The topological polar surface area (TPSA) is 0 Å². The molecule has 14 heavy (non-hydrogen) atoms. The van der Waals surface area contributed by atoms with Crippen molar-refractivity contribution in [2.75, 3.05) is 0 Å². The normalized spacial score (nSPS) is 12.0. The van der Waals surface area contributed by atoms with E-state index in [4.69, 9.17) is 0 Å². The minimum Gasteiger partial charge on any atom is -0.194 e. The Bertz CT molecular complexity index is 256. The molecule has 0 radical (unpaired) electrons. The van der Waals surface area contributed by atoms with Crippen LogP contribution < -0.4 is 0 Å². The molecule has 0 heterocycles. The molecule has 0 aliphatic rings. The van der Waals surface area contributed by atoms with Crippen LogP contribution in [0, 0.1) is 0 Å². The summed E-state index contributed by atoms with van der Waals surface area (Å²) in [7, 11) is 0. The lowest BCUT2D eigenvalue weighted by atomic mass is 9.98. The molecule has 0 aliphatic carbocycles. The van der Waals surface area contributed by atoms with Crippen molar-refractivity contribution in [2.24, 2.45) is 0 Å². The second-order valence-corrected chi connectivity index (χ2v) is 2.61. The average Bonchev–Trinajstić information content (AvgIpc) is 2.14. The smallest absolute Gasteiger partial charge is 0.194 e. The van der Waals surface area contributed by atoms with Crippen LogP contribution in [0.15, 0.2) is 49.6 Å². The molecule has 0 aliphatic heterocycles. The summed E-state index contributed by atoms with van der Waals surface area (Å²) in [6, 6.07) is 0. The van der Waals surface area contributed by atoms with E-state index in [0.29, 0.717) is 12.2 Å². The second kappa shape index (κ2) is 3.82. The maximum Gasteiger partial charge on any atom is 0.339 e. The third kappa shape index (κ3) is 1.78. The van der Waals surface area contributed by atoms with Gasteiger partial charge in [0.25, 0.3) is 0 Å². The van der Waals surface area contributed by atoms with Gasteiger partial charge in [-0.15, -0.1) is 0 Å². The first-order chi connectivity index (χ1) is 6.21. The van der Waals surface area contributed by atoms with E-state index in [9.17, 15) is 17.6 Å². The number of allylic oxidation sites excluding steroid dienone is 4. The third-order valence-electron chi connectivity index (χ3n) is 1.69. The summed E-state index contributed by atoms with van der Waals surface area (Å²) in [6.45, 7) is 11.5. The zero-order valence-electron chi connectivity index (χ0n) is 7.49. The SMILES string of the molecule is C=CC(=C)C(F)(F)C(F)(F)C(=C)C=C. The van der Waals surface area contributed by atoms with Crippen LogP contribution in [0.1, 0.15) is 0 Å². The molecule has 0 atom stereocenters. The number of hydrogen-bond donors (Lipinski definition) is 0. The highest BCUT2D eigenvalue weighted by Crippen LogP contribution is 2.44. The summed E-state index contributed by atoms with van der Waals surface area (Å²) < 4.78 is 52.0. The van der Waals surface area contributed by atoms with Gasteiger partial charge in [-0.25, -0.2) is 0 Å². The van der Waals surface area contributed by atoms with Gasteiger partial charge >= 0.3 is 11.8 Å². The Balaban J connectivity index is 5.25. The summed E-state index contributed by atoms with van der Waals surface area (Å²) >= 11 is 0. The predicted molar refractivity (Wildman–Crippen MR) is 48.6 cm³/mol. The lowest BCUT2D eigenvalue weighted by molar-refractivity contribution is -0.156. The van der Waals surface area contributed by atoms with Crippen molar-refractivity contribution in [3.05, 3.63) is 49.6 Å². The van der Waals surface area contributed by atoms with Gasteiger partial charge < -0.3 is 0 Å². The molecule has 0 N–H and O–H groups in total. The molecule has 0 fully saturated rings. The molecule has 0 saturated heterocycles. The monoisotopic (exact) mass is 206 g/mol. The van der Waals surface area contributed by atoms with E-state index in [0.717, 1.165) is 0 Å². The van der Waals surface area contributed by atoms with Gasteiger partial charge in [0.15, 0.2) is 0 Å². The van der Waals surface area contributed by atoms with E-state index in [1.54, 1.807) is 0 Å². The van der Waals surface area contributed by atoms with Crippen molar-refractivity contribution in [2.45, 2.75) is 11.8 Å². The Hall–Kier alpha value is -1.32. The van der Waals surface area contributed by atoms with E-state index >= 15 is 0 Å². The third-order valence-corrected chi connectivity index (χ3v) is 1.69. The lowest BCUT2D eigenvalue weighted by Crippen LogP contribution is -2.42. The van der Waals surface area contributed by atoms with Gasteiger partial charge in [-0.2, -0.15) is 17.6 Å². The van der Waals surface area contributed by atoms with E-state index in [1.165, 1.54) is 0 Å². The lowest BCUT2D eigenvalue weighted by Gasteiger charge is -2.27. The first kappa shape index (κ1) is 12.7. The molecule has 0 amide bonds. The van der Waals surface area contributed by atoms with Crippen molar-refractivity contribution in [1.82, 2.24) is 0 Å². The highest BCUT2D eigenvalue weighted by atomic mass is 19.3.